The van der Waals surface area contributed by atoms with E-state index in [9.17, 15) is 9.59 Å². The summed E-state index contributed by atoms with van der Waals surface area (Å²) in [7, 11) is 0. The average molecular weight is 550 g/mol. The number of anilines is 2. The van der Waals surface area contributed by atoms with Crippen LogP contribution in [-0.2, 0) is 27.2 Å². The molecule has 0 atom stereocenters. The third-order valence-corrected chi connectivity index (χ3v) is 6.96. The highest BCUT2D eigenvalue weighted by atomic mass is 35.5. The van der Waals surface area contributed by atoms with Crippen molar-refractivity contribution in [2.45, 2.75) is 25.7 Å². The predicted octanol–water partition coefficient (Wildman–Crippen LogP) is 5.30. The molecule has 8 nitrogen and oxygen atoms in total. The Morgan fingerprint density at radius 3 is 2.69 bits per heavy atom. The van der Waals surface area contributed by atoms with Crippen molar-refractivity contribution in [3.8, 4) is 17.2 Å². The van der Waals surface area contributed by atoms with E-state index in [2.05, 4.69) is 16.7 Å². The summed E-state index contributed by atoms with van der Waals surface area (Å²) < 4.78 is 17.7. The molecule has 3 aromatic rings. The van der Waals surface area contributed by atoms with Gasteiger partial charge in [0.2, 0.25) is 11.8 Å². The van der Waals surface area contributed by atoms with Gasteiger partial charge in [0.1, 0.15) is 6.61 Å². The quantitative estimate of drug-likeness (QED) is 0.461. The van der Waals surface area contributed by atoms with Gasteiger partial charge in [-0.2, -0.15) is 0 Å². The summed E-state index contributed by atoms with van der Waals surface area (Å²) in [6.45, 7) is 1.44. The number of nitrogens with one attached hydrogen (secondary N) is 2. The first-order valence-corrected chi connectivity index (χ1v) is 13.6. The lowest BCUT2D eigenvalue weighted by Gasteiger charge is -2.23. The summed E-state index contributed by atoms with van der Waals surface area (Å²) in [5.74, 6) is 1.01. The van der Waals surface area contributed by atoms with Gasteiger partial charge in [-0.25, -0.2) is 0 Å². The van der Waals surface area contributed by atoms with Gasteiger partial charge in [0.05, 0.1) is 32.0 Å². The van der Waals surface area contributed by atoms with E-state index >= 15 is 0 Å². The van der Waals surface area contributed by atoms with Crippen LogP contribution in [-0.4, -0.2) is 56.2 Å². The number of para-hydroxylation sites is 2. The molecule has 1 heterocycles. The number of benzene rings is 3. The first-order chi connectivity index (χ1) is 19.0. The molecule has 3 aromatic carbocycles. The fourth-order valence-electron chi connectivity index (χ4n) is 4.87. The molecule has 1 aliphatic heterocycles. The molecule has 0 unspecified atom stereocenters. The van der Waals surface area contributed by atoms with Crippen molar-refractivity contribution in [1.82, 2.24) is 4.90 Å². The predicted molar refractivity (Wildman–Crippen MR) is 151 cm³/mol. The van der Waals surface area contributed by atoms with E-state index < -0.39 is 0 Å². The van der Waals surface area contributed by atoms with Crippen LogP contribution in [0.4, 0.5) is 11.4 Å². The Morgan fingerprint density at radius 2 is 1.79 bits per heavy atom. The largest absolute Gasteiger partial charge is 0.487 e. The van der Waals surface area contributed by atoms with E-state index in [4.69, 9.17) is 25.8 Å². The van der Waals surface area contributed by atoms with Gasteiger partial charge in [0.25, 0.3) is 0 Å². The number of hydrogen-bond acceptors (Lipinski definition) is 6. The first kappa shape index (κ1) is 27.0. The first-order valence-electron chi connectivity index (χ1n) is 13.2. The van der Waals surface area contributed by atoms with Crippen molar-refractivity contribution in [3.05, 3.63) is 76.8 Å². The number of hydrogen-bond donors (Lipinski definition) is 2. The van der Waals surface area contributed by atoms with Gasteiger partial charge >= 0.3 is 0 Å². The zero-order chi connectivity index (χ0) is 27.0. The molecule has 204 valence electrons. The molecule has 0 fully saturated rings. The van der Waals surface area contributed by atoms with Gasteiger partial charge in [0, 0.05) is 17.3 Å². The van der Waals surface area contributed by atoms with Crippen LogP contribution in [0.5, 0.6) is 17.2 Å². The molecule has 2 amide bonds. The van der Waals surface area contributed by atoms with Crippen molar-refractivity contribution in [3.63, 3.8) is 0 Å². The zero-order valence-corrected chi connectivity index (χ0v) is 22.5. The number of aryl methyl sites for hydroxylation is 1. The second kappa shape index (κ2) is 13.0. The fourth-order valence-corrected chi connectivity index (χ4v) is 5.04. The van der Waals surface area contributed by atoms with Gasteiger partial charge < -0.3 is 24.8 Å². The van der Waals surface area contributed by atoms with Gasteiger partial charge in [-0.15, -0.1) is 0 Å². The molecule has 39 heavy (non-hydrogen) atoms. The van der Waals surface area contributed by atoms with Crippen molar-refractivity contribution in [1.29, 1.82) is 0 Å². The molecule has 9 heteroatoms. The number of amides is 2. The zero-order valence-electron chi connectivity index (χ0n) is 21.7. The molecule has 0 bridgehead atoms. The molecule has 0 spiro atoms. The SMILES string of the molecule is O=C1CN(CC(=O)Nc2cccc3c2CCCC3)CCOCCOc2ccccc2Oc2ccc(Cl)cc2N1. The Balaban J connectivity index is 1.31. The Kier molecular flexibility index (Phi) is 8.98. The second-order valence-electron chi connectivity index (χ2n) is 9.61. The summed E-state index contributed by atoms with van der Waals surface area (Å²) in [6, 6.07) is 18.4. The van der Waals surface area contributed by atoms with Crippen LogP contribution in [0.15, 0.2) is 60.7 Å². The summed E-state index contributed by atoms with van der Waals surface area (Å²) in [5, 5.41) is 6.41. The normalized spacial score (nSPS) is 16.6. The van der Waals surface area contributed by atoms with E-state index in [1.165, 1.54) is 17.5 Å². The lowest BCUT2D eigenvalue weighted by atomic mass is 9.90. The van der Waals surface area contributed by atoms with Gasteiger partial charge in [-0.3, -0.25) is 14.5 Å². The Morgan fingerprint density at radius 1 is 0.949 bits per heavy atom. The molecule has 1 aliphatic carbocycles. The standard InChI is InChI=1S/C30H32ClN3O5/c31-22-12-13-26-25(18-22)33-30(36)20-34(14-15-37-16-17-38-27-10-3-4-11-28(27)39-26)19-29(35)32-24-9-5-7-21-6-1-2-8-23(21)24/h3-5,7,9-13,18H,1-2,6,8,14-17,19-20H2,(H,32,35)(H,33,36). The van der Waals surface area contributed by atoms with E-state index in [0.29, 0.717) is 54.3 Å². The van der Waals surface area contributed by atoms with Crippen LogP contribution in [0.2, 0.25) is 5.02 Å². The number of fused-ring (bicyclic) bond motifs is 3. The average Bonchev–Trinajstić information content (AvgIpc) is 2.93. The highest BCUT2D eigenvalue weighted by molar-refractivity contribution is 6.31. The number of carbonyl (C=O) groups is 2. The smallest absolute Gasteiger partial charge is 0.238 e. The van der Waals surface area contributed by atoms with Crippen LogP contribution in [0.1, 0.15) is 24.0 Å². The number of nitrogens with zero attached hydrogens (tertiary/aromatic N) is 1. The second-order valence-corrected chi connectivity index (χ2v) is 10.0. The van der Waals surface area contributed by atoms with Crippen LogP contribution in [0.25, 0.3) is 0 Å². The monoisotopic (exact) mass is 549 g/mol. The molecule has 0 saturated heterocycles. The lowest BCUT2D eigenvalue weighted by molar-refractivity contribution is -0.120. The topological polar surface area (TPSA) is 89.1 Å². The number of ether oxygens (including phenoxy) is 3. The van der Waals surface area contributed by atoms with E-state index in [1.807, 2.05) is 30.3 Å². The lowest BCUT2D eigenvalue weighted by Crippen LogP contribution is -2.40. The molecular weight excluding hydrogens is 518 g/mol. The van der Waals surface area contributed by atoms with Crippen molar-refractivity contribution < 1.29 is 23.8 Å². The Bertz CT molecular complexity index is 1330. The molecule has 0 saturated carbocycles. The fraction of sp³-hybridized carbons (Fsp3) is 0.333. The Labute approximate surface area is 233 Å². The van der Waals surface area contributed by atoms with Crippen molar-refractivity contribution >= 4 is 34.8 Å². The Hall–Kier alpha value is -3.59. The molecule has 0 aromatic heterocycles. The minimum Gasteiger partial charge on any atom is -0.487 e. The van der Waals surface area contributed by atoms with Gasteiger partial charge in [-0.05, 0) is 73.2 Å². The van der Waals surface area contributed by atoms with E-state index in [0.717, 1.165) is 24.9 Å². The molecule has 0 radical (unpaired) electrons. The van der Waals surface area contributed by atoms with Gasteiger partial charge in [-0.1, -0.05) is 35.9 Å². The van der Waals surface area contributed by atoms with Crippen LogP contribution < -0.4 is 20.1 Å². The summed E-state index contributed by atoms with van der Waals surface area (Å²) in [5.41, 5.74) is 3.79. The summed E-state index contributed by atoms with van der Waals surface area (Å²) in [6.07, 6.45) is 4.28. The molecule has 2 N–H and O–H groups in total. The molecule has 2 aliphatic rings. The highest BCUT2D eigenvalue weighted by Crippen LogP contribution is 2.36. The number of rotatable bonds is 3. The van der Waals surface area contributed by atoms with Crippen molar-refractivity contribution in [2.75, 3.05) is 50.1 Å². The number of carbonyl (C=O) groups excluding carboxylic acids is 2. The highest BCUT2D eigenvalue weighted by Gasteiger charge is 2.20. The minimum absolute atomic E-state index is 0.0112. The van der Waals surface area contributed by atoms with Crippen molar-refractivity contribution in [2.24, 2.45) is 0 Å². The third kappa shape index (κ3) is 7.29. The van der Waals surface area contributed by atoms with E-state index in [-0.39, 0.29) is 24.9 Å². The summed E-state index contributed by atoms with van der Waals surface area (Å²) >= 11 is 6.23. The number of halogens is 1. The maximum atomic E-state index is 13.1. The maximum Gasteiger partial charge on any atom is 0.238 e. The summed E-state index contributed by atoms with van der Waals surface area (Å²) in [4.78, 5) is 28.0. The molecule has 5 rings (SSSR count). The van der Waals surface area contributed by atoms with Crippen LogP contribution >= 0.6 is 11.6 Å². The third-order valence-electron chi connectivity index (χ3n) is 6.73. The maximum absolute atomic E-state index is 13.1. The molecular formula is C30H32ClN3O5. The van der Waals surface area contributed by atoms with E-state index in [1.54, 1.807) is 29.2 Å². The van der Waals surface area contributed by atoms with Crippen LogP contribution in [0.3, 0.4) is 0 Å². The van der Waals surface area contributed by atoms with Gasteiger partial charge in [0.15, 0.2) is 17.2 Å². The minimum atomic E-state index is -0.300. The van der Waals surface area contributed by atoms with Crippen LogP contribution in [0, 0.1) is 0 Å².